The van der Waals surface area contributed by atoms with Crippen LogP contribution < -0.4 is 35.4 Å². The summed E-state index contributed by atoms with van der Waals surface area (Å²) >= 11 is 3.47. The number of nitrogens with two attached hydrogens (primary N) is 2. The predicted molar refractivity (Wildman–Crippen MR) is 105 cm³/mol. The number of aromatic nitrogens is 3. The van der Waals surface area contributed by atoms with Gasteiger partial charge >= 0.3 is 18.9 Å². The van der Waals surface area contributed by atoms with Crippen LogP contribution in [-0.4, -0.2) is 26.8 Å². The van der Waals surface area contributed by atoms with E-state index >= 15 is 0 Å². The molecule has 0 aliphatic carbocycles. The molecule has 0 saturated heterocycles. The van der Waals surface area contributed by atoms with Crippen molar-refractivity contribution in [1.29, 1.82) is 0 Å². The van der Waals surface area contributed by atoms with E-state index in [1.54, 1.807) is 6.20 Å². The third kappa shape index (κ3) is 6.96. The molecule has 2 aromatic heterocycles. The maximum absolute atomic E-state index is 10.4. The summed E-state index contributed by atoms with van der Waals surface area (Å²) in [4.78, 5) is 14.7. The summed E-state index contributed by atoms with van der Waals surface area (Å²) in [5.41, 5.74) is 13.8. The van der Waals surface area contributed by atoms with Crippen LogP contribution in [0.3, 0.4) is 0 Å². The molecule has 7 nitrogen and oxygen atoms in total. The molecule has 2 aromatic rings. The monoisotopic (exact) mass is 429 g/mol. The van der Waals surface area contributed by atoms with Gasteiger partial charge in [-0.2, -0.15) is 5.10 Å². The van der Waals surface area contributed by atoms with Crippen LogP contribution >= 0.6 is 15.9 Å². The van der Waals surface area contributed by atoms with E-state index in [9.17, 15) is 9.90 Å². The summed E-state index contributed by atoms with van der Waals surface area (Å²) in [6.07, 6.45) is 10.1. The average molecular weight is 430 g/mol. The first-order valence-electron chi connectivity index (χ1n) is 8.82. The minimum Gasteiger partial charge on any atom is -0.550 e. The second-order valence-electron chi connectivity index (χ2n) is 6.48. The molecule has 0 amide bonds. The second kappa shape index (κ2) is 11.5. The van der Waals surface area contributed by atoms with Crippen molar-refractivity contribution in [1.82, 2.24) is 14.8 Å². The van der Waals surface area contributed by atoms with Gasteiger partial charge in [0.1, 0.15) is 10.4 Å². The number of unbranched alkanes of at least 4 members (excludes halogenated alkanes) is 3. The number of carbonyl (C=O) groups excluding carboxylic acids is 1. The second-order valence-corrected chi connectivity index (χ2v) is 7.23. The van der Waals surface area contributed by atoms with Gasteiger partial charge in [0.25, 0.3) is 0 Å². The smallest absolute Gasteiger partial charge is 0.550 e. The van der Waals surface area contributed by atoms with Gasteiger partial charge in [-0.25, -0.2) is 4.98 Å². The molecule has 0 aliphatic heterocycles. The maximum Gasteiger partial charge on any atom is 1.00 e. The number of nitrogens with zero attached hydrogens (tertiary/aromatic N) is 3. The SMILES string of the molecule is C[C@@H](N)CCn1nc(Br)c2c(N)ncc(/C=C/CCCCCC(=O)[O-])c21.[Li+]. The van der Waals surface area contributed by atoms with Crippen LogP contribution in [0.15, 0.2) is 16.9 Å². The molecule has 142 valence electrons. The molecule has 0 aliphatic rings. The van der Waals surface area contributed by atoms with Crippen LogP contribution in [-0.2, 0) is 11.3 Å². The number of hydrogen-bond donors (Lipinski definition) is 2. The molecule has 0 unspecified atom stereocenters. The van der Waals surface area contributed by atoms with E-state index in [0.717, 1.165) is 42.1 Å². The Kier molecular flexibility index (Phi) is 10.1. The van der Waals surface area contributed by atoms with Crippen LogP contribution in [0.1, 0.15) is 51.0 Å². The fraction of sp³-hybridized carbons (Fsp3) is 0.500. The molecule has 0 bridgehead atoms. The van der Waals surface area contributed by atoms with Crippen LogP contribution in [0.25, 0.3) is 17.0 Å². The number of fused-ring (bicyclic) bond motifs is 1. The standard InChI is InChI=1S/C18H26BrN5O2.Li/c1-12(20)9-10-24-16-13(7-5-3-2-4-6-8-14(25)26)11-22-18(21)15(16)17(19)23-24;/h5,7,11-12H,2-4,6,8-10,20H2,1H3,(H2,21,22)(H,25,26);/q;+1/p-1/b7-5+;/t12-;/m1./s1. The van der Waals surface area contributed by atoms with Gasteiger partial charge in [-0.15, -0.1) is 0 Å². The Hall–Kier alpha value is -1.33. The first kappa shape index (κ1) is 23.7. The molecule has 2 heterocycles. The van der Waals surface area contributed by atoms with Gasteiger partial charge in [0.2, 0.25) is 0 Å². The van der Waals surface area contributed by atoms with E-state index in [1.807, 2.05) is 17.7 Å². The number of rotatable bonds is 10. The molecule has 0 spiro atoms. The number of pyridine rings is 1. The number of carboxylic acids is 1. The molecular formula is C18H25BrLiN5O2. The number of aliphatic carboxylic acids is 1. The summed E-state index contributed by atoms with van der Waals surface area (Å²) in [7, 11) is 0. The van der Waals surface area contributed by atoms with Crippen molar-refractivity contribution >= 4 is 44.7 Å². The number of halogens is 1. The van der Waals surface area contributed by atoms with E-state index in [1.165, 1.54) is 0 Å². The molecule has 1 atom stereocenters. The van der Waals surface area contributed by atoms with Crippen LogP contribution in [0.2, 0.25) is 0 Å². The maximum atomic E-state index is 10.4. The molecule has 0 fully saturated rings. The summed E-state index contributed by atoms with van der Waals surface area (Å²) in [5, 5.41) is 15.7. The molecule has 0 aromatic carbocycles. The summed E-state index contributed by atoms with van der Waals surface area (Å²) in [6.45, 7) is 2.67. The van der Waals surface area contributed by atoms with Gasteiger partial charge in [0.15, 0.2) is 0 Å². The minimum absolute atomic E-state index is 0. The van der Waals surface area contributed by atoms with E-state index in [-0.39, 0.29) is 31.3 Å². The van der Waals surface area contributed by atoms with Gasteiger partial charge in [-0.05, 0) is 55.0 Å². The fourth-order valence-corrected chi connectivity index (χ4v) is 3.33. The molecule has 4 N–H and O–H groups in total. The van der Waals surface area contributed by atoms with Crippen LogP contribution in [0.5, 0.6) is 0 Å². The van der Waals surface area contributed by atoms with E-state index in [0.29, 0.717) is 23.4 Å². The van der Waals surface area contributed by atoms with E-state index < -0.39 is 5.97 Å². The fourth-order valence-electron chi connectivity index (χ4n) is 2.75. The number of anilines is 1. The Labute approximate surface area is 179 Å². The average Bonchev–Trinajstić information content (AvgIpc) is 2.91. The predicted octanol–water partition coefficient (Wildman–Crippen LogP) is -0.769. The number of carboxylic acid groups (broad SMARTS) is 1. The number of aryl methyl sites for hydroxylation is 1. The Morgan fingerprint density at radius 1 is 1.41 bits per heavy atom. The minimum atomic E-state index is -0.985. The van der Waals surface area contributed by atoms with Gasteiger partial charge in [0, 0.05) is 30.3 Å². The first-order chi connectivity index (χ1) is 12.4. The quantitative estimate of drug-likeness (QED) is 0.377. The van der Waals surface area contributed by atoms with E-state index in [4.69, 9.17) is 11.5 Å². The van der Waals surface area contributed by atoms with Gasteiger partial charge in [-0.3, -0.25) is 4.68 Å². The molecule has 0 saturated carbocycles. The summed E-state index contributed by atoms with van der Waals surface area (Å²) in [5.74, 6) is -0.542. The number of allylic oxidation sites excluding steroid dienone is 1. The van der Waals surface area contributed by atoms with Gasteiger partial charge in [-0.1, -0.05) is 18.6 Å². The third-order valence-electron chi connectivity index (χ3n) is 4.13. The number of nitrogen functional groups attached to an aromatic ring is 1. The van der Waals surface area contributed by atoms with Gasteiger partial charge in [0.05, 0.1) is 10.9 Å². The molecule has 27 heavy (non-hydrogen) atoms. The molecule has 0 radical (unpaired) electrons. The van der Waals surface area contributed by atoms with Crippen molar-refractivity contribution in [2.24, 2.45) is 5.73 Å². The normalized spacial score (nSPS) is 12.4. The Balaban J connectivity index is 0.00000364. The summed E-state index contributed by atoms with van der Waals surface area (Å²) in [6, 6.07) is 0.0900. The van der Waals surface area contributed by atoms with Crippen molar-refractivity contribution in [2.45, 2.75) is 58.0 Å². The molecular weight excluding hydrogens is 405 g/mol. The van der Waals surface area contributed by atoms with Crippen molar-refractivity contribution in [3.63, 3.8) is 0 Å². The number of carbonyl (C=O) groups is 1. The Morgan fingerprint density at radius 2 is 2.15 bits per heavy atom. The van der Waals surface area contributed by atoms with Crippen LogP contribution in [0, 0.1) is 0 Å². The molecule has 2 rings (SSSR count). The molecule has 9 heteroatoms. The topological polar surface area (TPSA) is 123 Å². The largest absolute Gasteiger partial charge is 1.00 e. The van der Waals surface area contributed by atoms with Crippen molar-refractivity contribution in [3.05, 3.63) is 22.4 Å². The summed E-state index contributed by atoms with van der Waals surface area (Å²) < 4.78 is 2.60. The van der Waals surface area contributed by atoms with E-state index in [2.05, 4.69) is 32.1 Å². The van der Waals surface area contributed by atoms with Crippen molar-refractivity contribution in [2.75, 3.05) is 5.73 Å². The zero-order valence-corrected chi connectivity index (χ0v) is 17.5. The zero-order valence-electron chi connectivity index (χ0n) is 15.9. The first-order valence-corrected chi connectivity index (χ1v) is 9.62. The Morgan fingerprint density at radius 3 is 2.81 bits per heavy atom. The van der Waals surface area contributed by atoms with Gasteiger partial charge < -0.3 is 21.4 Å². The van der Waals surface area contributed by atoms with Crippen molar-refractivity contribution < 1.29 is 28.8 Å². The van der Waals surface area contributed by atoms with Crippen molar-refractivity contribution in [3.8, 4) is 0 Å². The Bertz CT molecular complexity index is 792. The zero-order chi connectivity index (χ0) is 19.1. The third-order valence-corrected chi connectivity index (χ3v) is 4.68. The van der Waals surface area contributed by atoms with Crippen LogP contribution in [0.4, 0.5) is 5.82 Å². The number of hydrogen-bond acceptors (Lipinski definition) is 6.